The number of hydrogen-bond donors (Lipinski definition) is 0. The van der Waals surface area contributed by atoms with Gasteiger partial charge in [-0.05, 0) is 37.6 Å². The topological polar surface area (TPSA) is 38.2 Å². The van der Waals surface area contributed by atoms with E-state index >= 15 is 0 Å². The number of anilines is 1. The van der Waals surface area contributed by atoms with E-state index < -0.39 is 0 Å². The fourth-order valence-electron chi connectivity index (χ4n) is 1.85. The highest BCUT2D eigenvalue weighted by molar-refractivity contribution is 6.28. The Morgan fingerprint density at radius 2 is 2.00 bits per heavy atom. The molecule has 1 heterocycles. The number of halogens is 1. The van der Waals surface area contributed by atoms with Gasteiger partial charge in [0.25, 0.3) is 0 Å². The van der Waals surface area contributed by atoms with E-state index in [0.717, 1.165) is 23.3 Å². The fourth-order valence-corrected chi connectivity index (χ4v) is 2.03. The van der Waals surface area contributed by atoms with E-state index in [1.165, 1.54) is 0 Å². The van der Waals surface area contributed by atoms with Crippen molar-refractivity contribution < 1.29 is 4.74 Å². The molecule has 0 saturated heterocycles. The first-order valence-corrected chi connectivity index (χ1v) is 6.70. The average Bonchev–Trinajstić information content (AvgIpc) is 2.37. The van der Waals surface area contributed by atoms with Crippen molar-refractivity contribution >= 4 is 28.3 Å². The first-order valence-electron chi connectivity index (χ1n) is 6.33. The summed E-state index contributed by atoms with van der Waals surface area (Å²) in [5.74, 6) is 0.836. The molecule has 19 heavy (non-hydrogen) atoms. The summed E-state index contributed by atoms with van der Waals surface area (Å²) in [5, 5.41) is 1.27. The minimum atomic E-state index is 0.235. The molecular formula is C14H18ClN3O. The van der Waals surface area contributed by atoms with Crippen LogP contribution in [-0.4, -0.2) is 36.3 Å². The molecule has 102 valence electrons. The van der Waals surface area contributed by atoms with Crippen molar-refractivity contribution in [3.63, 3.8) is 0 Å². The quantitative estimate of drug-likeness (QED) is 0.788. The Kier molecular flexibility index (Phi) is 4.56. The lowest BCUT2D eigenvalue weighted by molar-refractivity contribution is 0.0845. The molecule has 0 saturated carbocycles. The van der Waals surface area contributed by atoms with Crippen molar-refractivity contribution in [1.82, 2.24) is 9.97 Å². The fraction of sp³-hybridized carbons (Fsp3) is 0.429. The number of para-hydroxylation sites is 1. The molecule has 2 aromatic rings. The molecule has 0 aliphatic heterocycles. The summed E-state index contributed by atoms with van der Waals surface area (Å²) in [6.45, 7) is 5.47. The number of hydrogen-bond acceptors (Lipinski definition) is 4. The number of benzene rings is 1. The van der Waals surface area contributed by atoms with Crippen LogP contribution >= 0.6 is 11.6 Å². The Labute approximate surface area is 118 Å². The Balaban J connectivity index is 2.23. The van der Waals surface area contributed by atoms with Crippen molar-refractivity contribution in [1.29, 1.82) is 0 Å². The van der Waals surface area contributed by atoms with Crippen LogP contribution in [0.25, 0.3) is 10.9 Å². The first kappa shape index (κ1) is 14.0. The zero-order valence-corrected chi connectivity index (χ0v) is 12.2. The predicted molar refractivity (Wildman–Crippen MR) is 78.9 cm³/mol. The number of nitrogens with zero attached hydrogens (tertiary/aromatic N) is 3. The molecule has 4 nitrogen and oxygen atoms in total. The van der Waals surface area contributed by atoms with Crippen LogP contribution in [0.4, 0.5) is 5.82 Å². The molecule has 0 atom stereocenters. The molecule has 0 N–H and O–H groups in total. The van der Waals surface area contributed by atoms with Crippen molar-refractivity contribution in [3.05, 3.63) is 29.5 Å². The van der Waals surface area contributed by atoms with Crippen molar-refractivity contribution in [2.75, 3.05) is 25.1 Å². The third-order valence-corrected chi connectivity index (χ3v) is 2.96. The first-order chi connectivity index (χ1) is 9.08. The third-order valence-electron chi connectivity index (χ3n) is 2.80. The van der Waals surface area contributed by atoms with E-state index in [0.29, 0.717) is 6.61 Å². The molecule has 1 aromatic heterocycles. The molecule has 1 aromatic carbocycles. The van der Waals surface area contributed by atoms with E-state index in [2.05, 4.69) is 9.97 Å². The summed E-state index contributed by atoms with van der Waals surface area (Å²) in [5.41, 5.74) is 0.856. The maximum atomic E-state index is 5.97. The monoisotopic (exact) mass is 279 g/mol. The van der Waals surface area contributed by atoms with Crippen molar-refractivity contribution in [3.8, 4) is 0 Å². The third kappa shape index (κ3) is 3.55. The number of ether oxygens (including phenoxy) is 1. The van der Waals surface area contributed by atoms with Gasteiger partial charge in [0.2, 0.25) is 5.28 Å². The lowest BCUT2D eigenvalue weighted by Crippen LogP contribution is -2.25. The van der Waals surface area contributed by atoms with Gasteiger partial charge in [0, 0.05) is 19.0 Å². The summed E-state index contributed by atoms with van der Waals surface area (Å²) in [6.07, 6.45) is 0.235. The summed E-state index contributed by atoms with van der Waals surface area (Å²) in [7, 11) is 1.98. The number of fused-ring (bicyclic) bond motifs is 1. The smallest absolute Gasteiger partial charge is 0.224 e. The minimum Gasteiger partial charge on any atom is -0.377 e. The minimum absolute atomic E-state index is 0.235. The van der Waals surface area contributed by atoms with Crippen LogP contribution in [-0.2, 0) is 4.74 Å². The van der Waals surface area contributed by atoms with E-state index in [-0.39, 0.29) is 11.4 Å². The Morgan fingerprint density at radius 3 is 2.74 bits per heavy atom. The molecule has 0 aliphatic carbocycles. The lowest BCUT2D eigenvalue weighted by atomic mass is 10.2. The lowest BCUT2D eigenvalue weighted by Gasteiger charge is -2.20. The normalized spacial score (nSPS) is 11.2. The van der Waals surface area contributed by atoms with Crippen LogP contribution < -0.4 is 4.90 Å². The zero-order chi connectivity index (χ0) is 13.8. The van der Waals surface area contributed by atoms with Gasteiger partial charge in [-0.25, -0.2) is 4.98 Å². The molecule has 2 rings (SSSR count). The number of likely N-dealkylation sites (N-methyl/N-ethyl adjacent to an activating group) is 1. The van der Waals surface area contributed by atoms with Crippen molar-refractivity contribution in [2.45, 2.75) is 20.0 Å². The molecule has 0 aliphatic rings. The second-order valence-corrected chi connectivity index (χ2v) is 5.01. The van der Waals surface area contributed by atoms with Crippen LogP contribution in [0, 0.1) is 0 Å². The van der Waals surface area contributed by atoms with E-state index in [1.807, 2.05) is 50.1 Å². The van der Waals surface area contributed by atoms with Gasteiger partial charge in [-0.15, -0.1) is 0 Å². The number of rotatable bonds is 5. The maximum Gasteiger partial charge on any atom is 0.224 e. The van der Waals surface area contributed by atoms with Gasteiger partial charge >= 0.3 is 0 Å². The highest BCUT2D eigenvalue weighted by Gasteiger charge is 2.10. The summed E-state index contributed by atoms with van der Waals surface area (Å²) in [4.78, 5) is 10.6. The molecule has 0 amide bonds. The molecular weight excluding hydrogens is 262 g/mol. The Hall–Kier alpha value is -1.39. The molecule has 0 spiro atoms. The van der Waals surface area contributed by atoms with Crippen LogP contribution in [0.2, 0.25) is 5.28 Å². The molecule has 0 bridgehead atoms. The molecule has 0 unspecified atom stereocenters. The molecule has 0 radical (unpaired) electrons. The standard InChI is InChI=1S/C14H18ClN3O/c1-10(2)19-9-8-18(3)13-11-6-4-5-7-12(11)16-14(15)17-13/h4-7,10H,8-9H2,1-3H3. The second kappa shape index (κ2) is 6.17. The van der Waals surface area contributed by atoms with Crippen LogP contribution in [0.5, 0.6) is 0 Å². The molecule has 5 heteroatoms. The SMILES string of the molecule is CC(C)OCCN(C)c1nc(Cl)nc2ccccc12. The van der Waals surface area contributed by atoms with Gasteiger partial charge in [-0.1, -0.05) is 12.1 Å². The highest BCUT2D eigenvalue weighted by Crippen LogP contribution is 2.24. The van der Waals surface area contributed by atoms with Gasteiger partial charge in [0.05, 0.1) is 18.2 Å². The average molecular weight is 280 g/mol. The van der Waals surface area contributed by atoms with E-state index in [1.54, 1.807) is 0 Å². The van der Waals surface area contributed by atoms with Gasteiger partial charge in [-0.2, -0.15) is 4.98 Å². The van der Waals surface area contributed by atoms with E-state index in [9.17, 15) is 0 Å². The predicted octanol–water partition coefficient (Wildman–Crippen LogP) is 3.14. The van der Waals surface area contributed by atoms with Gasteiger partial charge in [-0.3, -0.25) is 0 Å². The maximum absolute atomic E-state index is 5.97. The Morgan fingerprint density at radius 1 is 1.26 bits per heavy atom. The second-order valence-electron chi connectivity index (χ2n) is 4.67. The summed E-state index contributed by atoms with van der Waals surface area (Å²) < 4.78 is 5.56. The van der Waals surface area contributed by atoms with Gasteiger partial charge < -0.3 is 9.64 Å². The van der Waals surface area contributed by atoms with Crippen LogP contribution in [0.3, 0.4) is 0 Å². The number of aromatic nitrogens is 2. The zero-order valence-electron chi connectivity index (χ0n) is 11.4. The van der Waals surface area contributed by atoms with Crippen LogP contribution in [0.15, 0.2) is 24.3 Å². The van der Waals surface area contributed by atoms with Crippen molar-refractivity contribution in [2.24, 2.45) is 0 Å². The Bertz CT molecular complexity index is 559. The summed E-state index contributed by atoms with van der Waals surface area (Å²) in [6, 6.07) is 7.85. The van der Waals surface area contributed by atoms with E-state index in [4.69, 9.17) is 16.3 Å². The van der Waals surface area contributed by atoms with Gasteiger partial charge in [0.15, 0.2) is 0 Å². The summed E-state index contributed by atoms with van der Waals surface area (Å²) >= 11 is 5.97. The van der Waals surface area contributed by atoms with Gasteiger partial charge in [0.1, 0.15) is 5.82 Å². The molecule has 0 fully saturated rings. The highest BCUT2D eigenvalue weighted by atomic mass is 35.5. The largest absolute Gasteiger partial charge is 0.377 e. The van der Waals surface area contributed by atoms with Crippen LogP contribution in [0.1, 0.15) is 13.8 Å².